The van der Waals surface area contributed by atoms with Gasteiger partial charge in [0.2, 0.25) is 0 Å². The van der Waals surface area contributed by atoms with Crippen LogP contribution in [0.15, 0.2) is 24.3 Å². The van der Waals surface area contributed by atoms with E-state index in [1.807, 2.05) is 17.0 Å². The first-order chi connectivity index (χ1) is 9.24. The number of anilines is 1. The number of nitrogens with zero attached hydrogens (tertiary/aromatic N) is 1. The van der Waals surface area contributed by atoms with Crippen LogP contribution in [0.2, 0.25) is 0 Å². The summed E-state index contributed by atoms with van der Waals surface area (Å²) in [5, 5.41) is 0. The van der Waals surface area contributed by atoms with Crippen LogP contribution in [-0.2, 0) is 9.53 Å². The van der Waals surface area contributed by atoms with Crippen LogP contribution in [0.1, 0.15) is 30.7 Å². The number of nitrogens with two attached hydrogens (primary N) is 1. The highest BCUT2D eigenvalue weighted by atomic mass is 16.5. The molecule has 0 saturated carbocycles. The summed E-state index contributed by atoms with van der Waals surface area (Å²) >= 11 is 0. The third-order valence-corrected chi connectivity index (χ3v) is 4.11. The summed E-state index contributed by atoms with van der Waals surface area (Å²) in [5.41, 5.74) is 7.76. The number of rotatable bonds is 2. The van der Waals surface area contributed by atoms with E-state index < -0.39 is 0 Å². The van der Waals surface area contributed by atoms with E-state index in [1.165, 1.54) is 5.56 Å². The first-order valence-electron chi connectivity index (χ1n) is 7.00. The first kappa shape index (κ1) is 12.5. The van der Waals surface area contributed by atoms with Gasteiger partial charge in [0.15, 0.2) is 0 Å². The minimum Gasteiger partial charge on any atom is -0.399 e. The number of benzene rings is 1. The molecule has 19 heavy (non-hydrogen) atoms. The second-order valence-electron chi connectivity index (χ2n) is 5.44. The quantitative estimate of drug-likeness (QED) is 0.824. The standard InChI is InChI=1S/C15H20N2O2/c16-13-5-3-11(4-6-13)12-7-8-17(10-12)15(18)14-2-1-9-19-14/h3-6,12,14H,1-2,7-10,16H2. The van der Waals surface area contributed by atoms with E-state index in [4.69, 9.17) is 10.5 Å². The number of carbonyl (C=O) groups excluding carboxylic acids is 1. The largest absolute Gasteiger partial charge is 0.399 e. The Labute approximate surface area is 113 Å². The number of hydrogen-bond donors (Lipinski definition) is 1. The topological polar surface area (TPSA) is 55.6 Å². The van der Waals surface area contributed by atoms with Gasteiger partial charge in [-0.3, -0.25) is 4.79 Å². The molecule has 0 aliphatic carbocycles. The van der Waals surface area contributed by atoms with Crippen LogP contribution < -0.4 is 5.73 Å². The van der Waals surface area contributed by atoms with Gasteiger partial charge in [-0.2, -0.15) is 0 Å². The number of carbonyl (C=O) groups is 1. The van der Waals surface area contributed by atoms with Crippen molar-refractivity contribution in [2.75, 3.05) is 25.4 Å². The zero-order chi connectivity index (χ0) is 13.2. The molecule has 1 aromatic carbocycles. The molecule has 2 aliphatic heterocycles. The second-order valence-corrected chi connectivity index (χ2v) is 5.44. The average molecular weight is 260 g/mol. The average Bonchev–Trinajstić information content (AvgIpc) is 3.10. The third kappa shape index (κ3) is 2.59. The lowest BCUT2D eigenvalue weighted by Gasteiger charge is -2.20. The Morgan fingerprint density at radius 2 is 2.05 bits per heavy atom. The van der Waals surface area contributed by atoms with Crippen molar-refractivity contribution in [1.29, 1.82) is 0 Å². The van der Waals surface area contributed by atoms with Crippen LogP contribution in [-0.4, -0.2) is 36.6 Å². The van der Waals surface area contributed by atoms with Crippen molar-refractivity contribution < 1.29 is 9.53 Å². The highest BCUT2D eigenvalue weighted by Gasteiger charge is 2.33. The third-order valence-electron chi connectivity index (χ3n) is 4.11. The van der Waals surface area contributed by atoms with Gasteiger partial charge >= 0.3 is 0 Å². The van der Waals surface area contributed by atoms with Crippen molar-refractivity contribution in [1.82, 2.24) is 4.90 Å². The molecule has 2 heterocycles. The summed E-state index contributed by atoms with van der Waals surface area (Å²) < 4.78 is 5.48. The maximum absolute atomic E-state index is 12.3. The molecule has 3 rings (SSSR count). The lowest BCUT2D eigenvalue weighted by atomic mass is 9.98. The van der Waals surface area contributed by atoms with Gasteiger partial charge in [0, 0.05) is 31.3 Å². The number of hydrogen-bond acceptors (Lipinski definition) is 3. The summed E-state index contributed by atoms with van der Waals surface area (Å²) in [6, 6.07) is 8.00. The number of nitrogen functional groups attached to an aromatic ring is 1. The molecule has 2 unspecified atom stereocenters. The Bertz CT molecular complexity index is 452. The lowest BCUT2D eigenvalue weighted by Crippen LogP contribution is -2.37. The summed E-state index contributed by atoms with van der Waals surface area (Å²) in [4.78, 5) is 14.2. The SMILES string of the molecule is Nc1ccc(C2CCN(C(=O)C3CCCO3)C2)cc1. The second kappa shape index (κ2) is 5.21. The van der Waals surface area contributed by atoms with E-state index in [2.05, 4.69) is 12.1 Å². The predicted octanol–water partition coefficient (Wildman–Crippen LogP) is 1.76. The fourth-order valence-electron chi connectivity index (χ4n) is 2.98. The van der Waals surface area contributed by atoms with Crippen molar-refractivity contribution in [3.63, 3.8) is 0 Å². The van der Waals surface area contributed by atoms with Gasteiger partial charge in [-0.25, -0.2) is 0 Å². The first-order valence-corrected chi connectivity index (χ1v) is 7.00. The molecule has 0 bridgehead atoms. The van der Waals surface area contributed by atoms with E-state index in [0.29, 0.717) is 5.92 Å². The zero-order valence-electron chi connectivity index (χ0n) is 11.0. The Balaban J connectivity index is 1.63. The Hall–Kier alpha value is -1.55. The van der Waals surface area contributed by atoms with Gasteiger partial charge in [-0.1, -0.05) is 12.1 Å². The Morgan fingerprint density at radius 3 is 2.74 bits per heavy atom. The minimum atomic E-state index is -0.190. The number of ether oxygens (including phenoxy) is 1. The monoisotopic (exact) mass is 260 g/mol. The molecular weight excluding hydrogens is 240 g/mol. The van der Waals surface area contributed by atoms with Gasteiger partial charge in [0.1, 0.15) is 6.10 Å². The smallest absolute Gasteiger partial charge is 0.251 e. The zero-order valence-corrected chi connectivity index (χ0v) is 11.0. The van der Waals surface area contributed by atoms with Crippen LogP contribution in [0, 0.1) is 0 Å². The molecule has 102 valence electrons. The molecular formula is C15H20N2O2. The predicted molar refractivity (Wildman–Crippen MR) is 73.8 cm³/mol. The maximum Gasteiger partial charge on any atom is 0.251 e. The maximum atomic E-state index is 12.3. The normalized spacial score (nSPS) is 26.8. The van der Waals surface area contributed by atoms with Crippen molar-refractivity contribution in [3.8, 4) is 0 Å². The van der Waals surface area contributed by atoms with Gasteiger partial charge in [-0.05, 0) is 37.0 Å². The summed E-state index contributed by atoms with van der Waals surface area (Å²) in [6.45, 7) is 2.38. The summed E-state index contributed by atoms with van der Waals surface area (Å²) in [7, 11) is 0. The molecule has 0 aromatic heterocycles. The van der Waals surface area contributed by atoms with E-state index in [9.17, 15) is 4.79 Å². The molecule has 0 radical (unpaired) electrons. The highest BCUT2D eigenvalue weighted by Crippen LogP contribution is 2.29. The van der Waals surface area contributed by atoms with Crippen LogP contribution in [0.4, 0.5) is 5.69 Å². The molecule has 2 fully saturated rings. The summed E-state index contributed by atoms with van der Waals surface area (Å²) in [6.07, 6.45) is 2.72. The summed E-state index contributed by atoms with van der Waals surface area (Å²) in [5.74, 6) is 0.612. The highest BCUT2D eigenvalue weighted by molar-refractivity contribution is 5.81. The van der Waals surface area contributed by atoms with Crippen LogP contribution in [0.25, 0.3) is 0 Å². The van der Waals surface area contributed by atoms with E-state index in [0.717, 1.165) is 44.6 Å². The number of amides is 1. The van der Waals surface area contributed by atoms with Crippen molar-refractivity contribution in [2.24, 2.45) is 0 Å². The van der Waals surface area contributed by atoms with E-state index in [-0.39, 0.29) is 12.0 Å². The number of likely N-dealkylation sites (tertiary alicyclic amines) is 1. The van der Waals surface area contributed by atoms with Crippen molar-refractivity contribution in [3.05, 3.63) is 29.8 Å². The molecule has 4 nitrogen and oxygen atoms in total. The van der Waals surface area contributed by atoms with Gasteiger partial charge in [0.25, 0.3) is 5.91 Å². The van der Waals surface area contributed by atoms with Crippen LogP contribution in [0.3, 0.4) is 0 Å². The van der Waals surface area contributed by atoms with Gasteiger partial charge in [-0.15, -0.1) is 0 Å². The molecule has 2 saturated heterocycles. The van der Waals surface area contributed by atoms with Crippen LogP contribution >= 0.6 is 0 Å². The molecule has 2 N–H and O–H groups in total. The van der Waals surface area contributed by atoms with E-state index >= 15 is 0 Å². The fourth-order valence-corrected chi connectivity index (χ4v) is 2.98. The van der Waals surface area contributed by atoms with Crippen molar-refractivity contribution >= 4 is 11.6 Å². The molecule has 1 aromatic rings. The van der Waals surface area contributed by atoms with Crippen LogP contribution in [0.5, 0.6) is 0 Å². The Kier molecular flexibility index (Phi) is 3.42. The minimum absolute atomic E-state index is 0.176. The van der Waals surface area contributed by atoms with Gasteiger partial charge in [0.05, 0.1) is 0 Å². The van der Waals surface area contributed by atoms with Crippen molar-refractivity contribution in [2.45, 2.75) is 31.3 Å². The Morgan fingerprint density at radius 1 is 1.26 bits per heavy atom. The lowest BCUT2D eigenvalue weighted by molar-refractivity contribution is -0.139. The molecule has 1 amide bonds. The molecule has 4 heteroatoms. The molecule has 2 atom stereocenters. The van der Waals surface area contributed by atoms with Gasteiger partial charge < -0.3 is 15.4 Å². The molecule has 0 spiro atoms. The fraction of sp³-hybridized carbons (Fsp3) is 0.533. The molecule has 2 aliphatic rings. The van der Waals surface area contributed by atoms with E-state index in [1.54, 1.807) is 0 Å².